The molecule has 1 atom stereocenters. The second kappa shape index (κ2) is 4.44. The molecule has 2 rings (SSSR count). The summed E-state index contributed by atoms with van der Waals surface area (Å²) in [5.41, 5.74) is 1.46. The highest BCUT2D eigenvalue weighted by molar-refractivity contribution is 5.69. The van der Waals surface area contributed by atoms with Gasteiger partial charge in [-0.05, 0) is 25.3 Å². The lowest BCUT2D eigenvalue weighted by atomic mass is 10.1. The maximum Gasteiger partial charge on any atom is 0.309 e. The SMILES string of the molecule is O=C(O)Cc1cc(C2CCCCO2)n[nH]1. The fourth-order valence-corrected chi connectivity index (χ4v) is 1.77. The van der Waals surface area contributed by atoms with Gasteiger partial charge in [0.15, 0.2) is 0 Å². The van der Waals surface area contributed by atoms with E-state index in [0.717, 1.165) is 31.6 Å². The van der Waals surface area contributed by atoms with Gasteiger partial charge in [-0.1, -0.05) is 0 Å². The zero-order valence-corrected chi connectivity index (χ0v) is 8.40. The van der Waals surface area contributed by atoms with Gasteiger partial charge in [0.1, 0.15) is 6.10 Å². The number of ether oxygens (including phenoxy) is 1. The summed E-state index contributed by atoms with van der Waals surface area (Å²) in [6.45, 7) is 0.770. The molecule has 1 aliphatic heterocycles. The van der Waals surface area contributed by atoms with E-state index >= 15 is 0 Å². The van der Waals surface area contributed by atoms with Crippen LogP contribution >= 0.6 is 0 Å². The minimum Gasteiger partial charge on any atom is -0.481 e. The lowest BCUT2D eigenvalue weighted by Gasteiger charge is -2.20. The quantitative estimate of drug-likeness (QED) is 0.788. The van der Waals surface area contributed by atoms with Crippen LogP contribution < -0.4 is 0 Å². The first kappa shape index (κ1) is 10.2. The first-order valence-corrected chi connectivity index (χ1v) is 5.13. The number of aromatic nitrogens is 2. The minimum absolute atomic E-state index is 0.0142. The Morgan fingerprint density at radius 3 is 3.20 bits per heavy atom. The van der Waals surface area contributed by atoms with E-state index in [1.165, 1.54) is 0 Å². The molecule has 2 heterocycles. The Morgan fingerprint density at radius 1 is 1.67 bits per heavy atom. The van der Waals surface area contributed by atoms with Crippen LogP contribution in [0.25, 0.3) is 0 Å². The Bertz CT molecular complexity index is 342. The summed E-state index contributed by atoms with van der Waals surface area (Å²) in [5.74, 6) is -0.852. The van der Waals surface area contributed by atoms with Crippen molar-refractivity contribution in [2.24, 2.45) is 0 Å². The van der Waals surface area contributed by atoms with Crippen LogP contribution in [0.15, 0.2) is 6.07 Å². The van der Waals surface area contributed by atoms with Crippen LogP contribution in [0, 0.1) is 0 Å². The van der Waals surface area contributed by atoms with Crippen molar-refractivity contribution < 1.29 is 14.6 Å². The standard InChI is InChI=1S/C10H14N2O3/c13-10(14)6-7-5-8(12-11-7)9-3-1-2-4-15-9/h5,9H,1-4,6H2,(H,11,12)(H,13,14). The molecule has 2 N–H and O–H groups in total. The number of H-pyrrole nitrogens is 1. The Balaban J connectivity index is 2.02. The van der Waals surface area contributed by atoms with Gasteiger partial charge in [0, 0.05) is 12.3 Å². The molecule has 0 spiro atoms. The van der Waals surface area contributed by atoms with E-state index in [1.54, 1.807) is 6.07 Å². The lowest BCUT2D eigenvalue weighted by Crippen LogP contribution is -2.11. The van der Waals surface area contributed by atoms with Crippen molar-refractivity contribution in [3.8, 4) is 0 Å². The fraction of sp³-hybridized carbons (Fsp3) is 0.600. The number of hydrogen-bond donors (Lipinski definition) is 2. The molecule has 5 nitrogen and oxygen atoms in total. The number of aliphatic carboxylic acids is 1. The minimum atomic E-state index is -0.852. The van der Waals surface area contributed by atoms with E-state index in [-0.39, 0.29) is 12.5 Å². The molecule has 1 aromatic heterocycles. The molecule has 82 valence electrons. The van der Waals surface area contributed by atoms with Crippen molar-refractivity contribution in [3.05, 3.63) is 17.5 Å². The number of carboxylic acids is 1. The smallest absolute Gasteiger partial charge is 0.309 e. The first-order valence-electron chi connectivity index (χ1n) is 5.13. The predicted octanol–water partition coefficient (Wildman–Crippen LogP) is 1.28. The van der Waals surface area contributed by atoms with Crippen molar-refractivity contribution in [1.82, 2.24) is 10.2 Å². The summed E-state index contributed by atoms with van der Waals surface area (Å²) in [6, 6.07) is 1.78. The van der Waals surface area contributed by atoms with Gasteiger partial charge in [-0.15, -0.1) is 0 Å². The van der Waals surface area contributed by atoms with Crippen LogP contribution in [0.5, 0.6) is 0 Å². The number of aromatic amines is 1. The van der Waals surface area contributed by atoms with Crippen LogP contribution in [0.2, 0.25) is 0 Å². The van der Waals surface area contributed by atoms with Crippen LogP contribution in [-0.4, -0.2) is 27.9 Å². The number of carbonyl (C=O) groups is 1. The molecule has 0 radical (unpaired) electrons. The van der Waals surface area contributed by atoms with Gasteiger partial charge >= 0.3 is 5.97 Å². The molecule has 0 bridgehead atoms. The summed E-state index contributed by atoms with van der Waals surface area (Å²) < 4.78 is 5.55. The number of nitrogens with one attached hydrogen (secondary N) is 1. The molecule has 1 fully saturated rings. The van der Waals surface area contributed by atoms with Gasteiger partial charge in [-0.3, -0.25) is 9.89 Å². The van der Waals surface area contributed by atoms with Crippen LogP contribution in [0.1, 0.15) is 36.8 Å². The van der Waals surface area contributed by atoms with Crippen molar-refractivity contribution in [3.63, 3.8) is 0 Å². The summed E-state index contributed by atoms with van der Waals surface area (Å²) >= 11 is 0. The van der Waals surface area contributed by atoms with Gasteiger partial charge in [0.05, 0.1) is 12.1 Å². The normalized spacial score (nSPS) is 21.5. The molecule has 1 unspecified atom stereocenters. The van der Waals surface area contributed by atoms with E-state index in [0.29, 0.717) is 5.69 Å². The largest absolute Gasteiger partial charge is 0.481 e. The molecular formula is C10H14N2O3. The summed E-state index contributed by atoms with van der Waals surface area (Å²) in [6.07, 6.45) is 3.24. The molecule has 1 saturated heterocycles. The summed E-state index contributed by atoms with van der Waals surface area (Å²) in [5, 5.41) is 15.4. The van der Waals surface area contributed by atoms with E-state index in [9.17, 15) is 4.79 Å². The molecule has 5 heteroatoms. The molecular weight excluding hydrogens is 196 g/mol. The summed E-state index contributed by atoms with van der Waals surface area (Å²) in [7, 11) is 0. The third-order valence-electron chi connectivity index (χ3n) is 2.50. The Hall–Kier alpha value is -1.36. The monoisotopic (exact) mass is 210 g/mol. The maximum atomic E-state index is 10.5. The number of carboxylic acid groups (broad SMARTS) is 1. The fourth-order valence-electron chi connectivity index (χ4n) is 1.77. The van der Waals surface area contributed by atoms with Crippen molar-refractivity contribution in [2.75, 3.05) is 6.61 Å². The molecule has 0 saturated carbocycles. The van der Waals surface area contributed by atoms with Crippen molar-refractivity contribution in [2.45, 2.75) is 31.8 Å². The molecule has 15 heavy (non-hydrogen) atoms. The Labute approximate surface area is 87.4 Å². The molecule has 1 aromatic rings. The van der Waals surface area contributed by atoms with Gasteiger partial charge < -0.3 is 9.84 Å². The first-order chi connectivity index (χ1) is 7.25. The Morgan fingerprint density at radius 2 is 2.53 bits per heavy atom. The molecule has 0 amide bonds. The molecule has 0 aliphatic carbocycles. The van der Waals surface area contributed by atoms with Gasteiger partial charge in [0.2, 0.25) is 0 Å². The van der Waals surface area contributed by atoms with Crippen molar-refractivity contribution >= 4 is 5.97 Å². The van der Waals surface area contributed by atoms with E-state index in [4.69, 9.17) is 9.84 Å². The average molecular weight is 210 g/mol. The number of rotatable bonds is 3. The van der Waals surface area contributed by atoms with Crippen molar-refractivity contribution in [1.29, 1.82) is 0 Å². The third-order valence-corrected chi connectivity index (χ3v) is 2.50. The third kappa shape index (κ3) is 2.56. The van der Waals surface area contributed by atoms with Gasteiger partial charge in [-0.25, -0.2) is 0 Å². The van der Waals surface area contributed by atoms with Crippen LogP contribution in [0.4, 0.5) is 0 Å². The molecule has 0 aromatic carbocycles. The maximum absolute atomic E-state index is 10.5. The van der Waals surface area contributed by atoms with Gasteiger partial charge in [0.25, 0.3) is 0 Å². The highest BCUT2D eigenvalue weighted by Crippen LogP contribution is 2.26. The highest BCUT2D eigenvalue weighted by Gasteiger charge is 2.19. The highest BCUT2D eigenvalue weighted by atomic mass is 16.5. The number of hydrogen-bond acceptors (Lipinski definition) is 3. The zero-order chi connectivity index (χ0) is 10.7. The second-order valence-electron chi connectivity index (χ2n) is 3.74. The topological polar surface area (TPSA) is 75.2 Å². The van der Waals surface area contributed by atoms with E-state index in [2.05, 4.69) is 10.2 Å². The predicted molar refractivity (Wildman–Crippen MR) is 52.5 cm³/mol. The zero-order valence-electron chi connectivity index (χ0n) is 8.40. The molecule has 1 aliphatic rings. The number of nitrogens with zero attached hydrogens (tertiary/aromatic N) is 1. The van der Waals surface area contributed by atoms with E-state index < -0.39 is 5.97 Å². The van der Waals surface area contributed by atoms with E-state index in [1.807, 2.05) is 0 Å². The Kier molecular flexibility index (Phi) is 3.01. The average Bonchev–Trinajstić information content (AvgIpc) is 2.67. The van der Waals surface area contributed by atoms with Crippen LogP contribution in [0.3, 0.4) is 0 Å². The summed E-state index contributed by atoms with van der Waals surface area (Å²) in [4.78, 5) is 10.5. The van der Waals surface area contributed by atoms with Crippen LogP contribution in [-0.2, 0) is 16.0 Å². The second-order valence-corrected chi connectivity index (χ2v) is 3.74. The van der Waals surface area contributed by atoms with Gasteiger partial charge in [-0.2, -0.15) is 5.10 Å². The lowest BCUT2D eigenvalue weighted by molar-refractivity contribution is -0.136.